The molecule has 0 aliphatic rings. The first kappa shape index (κ1) is 19.5. The summed E-state index contributed by atoms with van der Waals surface area (Å²) < 4.78 is 10.8. The van der Waals surface area contributed by atoms with E-state index in [0.29, 0.717) is 24.5 Å². The average Bonchev–Trinajstić information content (AvgIpc) is 2.55. The van der Waals surface area contributed by atoms with Gasteiger partial charge in [0.1, 0.15) is 5.60 Å². The summed E-state index contributed by atoms with van der Waals surface area (Å²) in [6, 6.07) is 8.26. The Kier molecular flexibility index (Phi) is 6.38. The molecule has 140 valence electrons. The van der Waals surface area contributed by atoms with Crippen molar-refractivity contribution in [2.24, 2.45) is 0 Å². The Morgan fingerprint density at radius 3 is 2.62 bits per heavy atom. The molecule has 0 unspecified atom stereocenters. The Morgan fingerprint density at radius 2 is 1.92 bits per heavy atom. The van der Waals surface area contributed by atoms with Gasteiger partial charge in [0.25, 0.3) is 0 Å². The van der Waals surface area contributed by atoms with Crippen LogP contribution in [0.15, 0.2) is 30.3 Å². The van der Waals surface area contributed by atoms with Crippen LogP contribution in [0.4, 0.5) is 4.79 Å². The molecule has 0 aliphatic heterocycles. The van der Waals surface area contributed by atoms with E-state index < -0.39 is 17.7 Å². The number of aromatic nitrogens is 1. The van der Waals surface area contributed by atoms with Gasteiger partial charge in [0.15, 0.2) is 0 Å². The fourth-order valence-corrected chi connectivity index (χ4v) is 2.23. The Morgan fingerprint density at radius 1 is 1.15 bits per heavy atom. The number of carboxylic acids is 1. The Balaban J connectivity index is 1.73. The number of hydrogen-bond acceptors (Lipinski definition) is 5. The number of carbonyl (C=O) groups is 2. The van der Waals surface area contributed by atoms with Gasteiger partial charge in [-0.2, -0.15) is 0 Å². The van der Waals surface area contributed by atoms with Crippen LogP contribution < -0.4 is 10.1 Å². The molecule has 0 fully saturated rings. The van der Waals surface area contributed by atoms with Crippen LogP contribution in [-0.2, 0) is 4.74 Å². The van der Waals surface area contributed by atoms with E-state index in [1.807, 2.05) is 20.8 Å². The summed E-state index contributed by atoms with van der Waals surface area (Å²) in [4.78, 5) is 26.8. The minimum atomic E-state index is -0.966. The smallest absolute Gasteiger partial charge is 0.407 e. The van der Waals surface area contributed by atoms with Crippen molar-refractivity contribution in [2.75, 3.05) is 13.2 Å². The maximum atomic E-state index is 11.5. The first-order chi connectivity index (χ1) is 12.2. The summed E-state index contributed by atoms with van der Waals surface area (Å²) in [6.45, 7) is 6.45. The molecule has 1 heterocycles. The van der Waals surface area contributed by atoms with E-state index in [-0.39, 0.29) is 5.56 Å². The third-order valence-electron chi connectivity index (χ3n) is 3.40. The molecule has 26 heavy (non-hydrogen) atoms. The number of ether oxygens (including phenoxy) is 2. The molecule has 2 rings (SSSR count). The van der Waals surface area contributed by atoms with E-state index in [2.05, 4.69) is 10.3 Å². The number of rotatable bonds is 7. The lowest BCUT2D eigenvalue weighted by Gasteiger charge is -2.19. The zero-order valence-corrected chi connectivity index (χ0v) is 15.2. The Hall–Kier alpha value is -2.83. The predicted octanol–water partition coefficient (Wildman–Crippen LogP) is 3.62. The zero-order valence-electron chi connectivity index (χ0n) is 15.2. The third-order valence-corrected chi connectivity index (χ3v) is 3.40. The van der Waals surface area contributed by atoms with Crippen molar-refractivity contribution >= 4 is 23.0 Å². The third kappa shape index (κ3) is 6.23. The van der Waals surface area contributed by atoms with Crippen LogP contribution in [0.3, 0.4) is 0 Å². The zero-order chi connectivity index (χ0) is 19.2. The molecule has 1 aromatic heterocycles. The van der Waals surface area contributed by atoms with Crippen LogP contribution >= 0.6 is 0 Å². The number of carboxylic acid groups (broad SMARTS) is 1. The van der Waals surface area contributed by atoms with Crippen LogP contribution in [0.25, 0.3) is 10.9 Å². The molecule has 0 saturated heterocycles. The van der Waals surface area contributed by atoms with Crippen LogP contribution in [0.2, 0.25) is 0 Å². The molecule has 0 aliphatic carbocycles. The molecule has 2 aromatic rings. The lowest BCUT2D eigenvalue weighted by molar-refractivity contribution is 0.0525. The van der Waals surface area contributed by atoms with E-state index in [1.165, 1.54) is 6.07 Å². The fraction of sp³-hybridized carbons (Fsp3) is 0.421. The fourth-order valence-electron chi connectivity index (χ4n) is 2.23. The number of hydrogen-bond donors (Lipinski definition) is 2. The standard InChI is InChI=1S/C19H24N2O5/c1-19(2,3)26-18(24)20-10-4-5-11-25-16-9-7-13-12-14(17(22)23)6-8-15(13)21-16/h6-9,12H,4-5,10-11H2,1-3H3,(H,20,24)(H,22,23). The molecule has 1 amide bonds. The highest BCUT2D eigenvalue weighted by Gasteiger charge is 2.15. The first-order valence-corrected chi connectivity index (χ1v) is 8.48. The molecule has 0 radical (unpaired) electrons. The molecule has 2 N–H and O–H groups in total. The topological polar surface area (TPSA) is 97.8 Å². The summed E-state index contributed by atoms with van der Waals surface area (Å²) in [7, 11) is 0. The van der Waals surface area contributed by atoms with E-state index >= 15 is 0 Å². The molecule has 0 atom stereocenters. The van der Waals surface area contributed by atoms with Gasteiger partial charge >= 0.3 is 12.1 Å². The summed E-state index contributed by atoms with van der Waals surface area (Å²) in [5, 5.41) is 12.4. The number of carbonyl (C=O) groups excluding carboxylic acids is 1. The maximum absolute atomic E-state index is 11.5. The van der Waals surface area contributed by atoms with Crippen LogP contribution in [0.1, 0.15) is 44.0 Å². The number of amides is 1. The minimum absolute atomic E-state index is 0.227. The molecule has 1 aromatic carbocycles. The lowest BCUT2D eigenvalue weighted by atomic mass is 10.1. The van der Waals surface area contributed by atoms with Gasteiger partial charge in [-0.3, -0.25) is 0 Å². The number of nitrogens with one attached hydrogen (secondary N) is 1. The van der Waals surface area contributed by atoms with Gasteiger partial charge in [-0.05, 0) is 57.9 Å². The van der Waals surface area contributed by atoms with Gasteiger partial charge in [-0.1, -0.05) is 0 Å². The molecule has 0 saturated carbocycles. The minimum Gasteiger partial charge on any atom is -0.478 e. The summed E-state index contributed by atoms with van der Waals surface area (Å²) in [5.74, 6) is -0.479. The monoisotopic (exact) mass is 360 g/mol. The lowest BCUT2D eigenvalue weighted by Crippen LogP contribution is -2.33. The SMILES string of the molecule is CC(C)(C)OC(=O)NCCCCOc1ccc2cc(C(=O)O)ccc2n1. The second-order valence-corrected chi connectivity index (χ2v) is 6.85. The second-order valence-electron chi connectivity index (χ2n) is 6.85. The van der Waals surface area contributed by atoms with E-state index in [0.717, 1.165) is 18.2 Å². The highest BCUT2D eigenvalue weighted by Crippen LogP contribution is 2.18. The number of benzene rings is 1. The van der Waals surface area contributed by atoms with E-state index in [9.17, 15) is 9.59 Å². The summed E-state index contributed by atoms with van der Waals surface area (Å²) >= 11 is 0. The average molecular weight is 360 g/mol. The van der Waals surface area contributed by atoms with Crippen molar-refractivity contribution < 1.29 is 24.2 Å². The van der Waals surface area contributed by atoms with E-state index in [4.69, 9.17) is 14.6 Å². The highest BCUT2D eigenvalue weighted by molar-refractivity contribution is 5.93. The summed E-state index contributed by atoms with van der Waals surface area (Å²) in [6.07, 6.45) is 1.10. The van der Waals surface area contributed by atoms with Crippen LogP contribution in [0.5, 0.6) is 5.88 Å². The number of nitrogens with zero attached hydrogens (tertiary/aromatic N) is 1. The number of alkyl carbamates (subject to hydrolysis) is 1. The van der Waals surface area contributed by atoms with E-state index in [1.54, 1.807) is 24.3 Å². The van der Waals surface area contributed by atoms with Crippen LogP contribution in [0, 0.1) is 0 Å². The van der Waals surface area contributed by atoms with Crippen molar-refractivity contribution in [2.45, 2.75) is 39.2 Å². The predicted molar refractivity (Wildman–Crippen MR) is 97.7 cm³/mol. The normalized spacial score (nSPS) is 11.2. The van der Waals surface area contributed by atoms with Gasteiger partial charge in [-0.15, -0.1) is 0 Å². The Bertz CT molecular complexity index is 783. The van der Waals surface area contributed by atoms with Crippen molar-refractivity contribution in [3.8, 4) is 5.88 Å². The van der Waals surface area contributed by atoms with Gasteiger partial charge in [0.2, 0.25) is 5.88 Å². The molecular weight excluding hydrogens is 336 g/mol. The molecule has 0 bridgehead atoms. The quantitative estimate of drug-likeness (QED) is 0.732. The van der Waals surface area contributed by atoms with Gasteiger partial charge < -0.3 is 19.9 Å². The molecule has 7 heteroatoms. The van der Waals surface area contributed by atoms with Crippen molar-refractivity contribution in [3.05, 3.63) is 35.9 Å². The Labute approximate surface area is 152 Å². The highest BCUT2D eigenvalue weighted by atomic mass is 16.6. The van der Waals surface area contributed by atoms with Gasteiger partial charge in [-0.25, -0.2) is 14.6 Å². The van der Waals surface area contributed by atoms with Crippen molar-refractivity contribution in [1.29, 1.82) is 0 Å². The number of pyridine rings is 1. The van der Waals surface area contributed by atoms with Crippen LogP contribution in [-0.4, -0.2) is 40.9 Å². The van der Waals surface area contributed by atoms with Crippen molar-refractivity contribution in [1.82, 2.24) is 10.3 Å². The maximum Gasteiger partial charge on any atom is 0.407 e. The summed E-state index contributed by atoms with van der Waals surface area (Å²) in [5.41, 5.74) is 0.407. The molecule has 0 spiro atoms. The van der Waals surface area contributed by atoms with Crippen molar-refractivity contribution in [3.63, 3.8) is 0 Å². The molecular formula is C19H24N2O5. The second kappa shape index (κ2) is 8.51. The first-order valence-electron chi connectivity index (χ1n) is 8.48. The van der Waals surface area contributed by atoms with Gasteiger partial charge in [0.05, 0.1) is 17.7 Å². The van der Waals surface area contributed by atoms with Gasteiger partial charge in [0, 0.05) is 18.0 Å². The number of unbranched alkanes of at least 4 members (excludes halogenated alkanes) is 1. The number of aromatic carboxylic acids is 1. The molecule has 7 nitrogen and oxygen atoms in total. The number of fused-ring (bicyclic) bond motifs is 1. The largest absolute Gasteiger partial charge is 0.478 e.